The number of benzene rings is 1. The molecule has 1 aromatic carbocycles. The van der Waals surface area contributed by atoms with Gasteiger partial charge in [-0.2, -0.15) is 0 Å². The molecule has 0 aliphatic heterocycles. The van der Waals surface area contributed by atoms with Crippen molar-refractivity contribution in [1.29, 1.82) is 0 Å². The van der Waals surface area contributed by atoms with Crippen LogP contribution >= 0.6 is 0 Å². The van der Waals surface area contributed by atoms with Gasteiger partial charge in [0.15, 0.2) is 17.3 Å². The number of Topliss-reactive ketones (excluding diaryl/α,β-unsaturated/α-hetero) is 1. The lowest BCUT2D eigenvalue weighted by Gasteiger charge is -2.63. The molecule has 1 N–H and O–H groups in total. The van der Waals surface area contributed by atoms with Crippen LogP contribution in [-0.2, 0) is 16.1 Å². The predicted molar refractivity (Wildman–Crippen MR) is 152 cm³/mol. The molecule has 0 bridgehead atoms. The lowest BCUT2D eigenvalue weighted by molar-refractivity contribution is -0.163. The molecular formula is C32H47N3O5. The number of methoxy groups -OCH3 is 3. The van der Waals surface area contributed by atoms with Gasteiger partial charge in [-0.05, 0) is 118 Å². The molecule has 4 aliphatic carbocycles. The molecule has 0 radical (unpaired) electrons. The number of ketones is 1. The minimum atomic E-state index is -0.541. The summed E-state index contributed by atoms with van der Waals surface area (Å²) in [4.78, 5) is 14.0. The van der Waals surface area contributed by atoms with E-state index in [-0.39, 0.29) is 29.1 Å². The largest absolute Gasteiger partial charge is 0.493 e. The fraction of sp³-hybridized carbons (Fsp3) is 0.781. The Kier molecular flexibility index (Phi) is 7.17. The van der Waals surface area contributed by atoms with Crippen molar-refractivity contribution in [3.05, 3.63) is 12.1 Å². The van der Waals surface area contributed by atoms with E-state index in [1.807, 2.05) is 26.2 Å². The topological polar surface area (TPSA) is 95.7 Å². The summed E-state index contributed by atoms with van der Waals surface area (Å²) in [6.07, 6.45) is 10.8. The second-order valence-corrected chi connectivity index (χ2v) is 13.9. The average Bonchev–Trinajstić information content (AvgIpc) is 3.51. The number of rotatable bonds is 8. The third-order valence-electron chi connectivity index (χ3n) is 12.1. The highest BCUT2D eigenvalue weighted by molar-refractivity contribution is 5.87. The Hall–Kier alpha value is -2.19. The van der Waals surface area contributed by atoms with E-state index in [1.54, 1.807) is 18.9 Å². The molecule has 4 aliphatic rings. The molecule has 8 heteroatoms. The van der Waals surface area contributed by atoms with Crippen LogP contribution in [0.4, 0.5) is 0 Å². The van der Waals surface area contributed by atoms with Gasteiger partial charge in [0, 0.05) is 19.6 Å². The zero-order valence-corrected chi connectivity index (χ0v) is 24.9. The number of hydrogen-bond donors (Lipinski definition) is 1. The molecule has 2 aromatic rings. The zero-order chi connectivity index (χ0) is 28.3. The van der Waals surface area contributed by atoms with E-state index >= 15 is 0 Å². The normalized spacial score (nSPS) is 38.9. The van der Waals surface area contributed by atoms with Crippen molar-refractivity contribution in [2.75, 3.05) is 27.9 Å². The van der Waals surface area contributed by atoms with Crippen molar-refractivity contribution >= 4 is 16.8 Å². The van der Waals surface area contributed by atoms with Gasteiger partial charge >= 0.3 is 0 Å². The Morgan fingerprint density at radius 1 is 1.02 bits per heavy atom. The number of aromatic nitrogens is 3. The maximum atomic E-state index is 14.0. The van der Waals surface area contributed by atoms with Crippen LogP contribution in [0.3, 0.4) is 0 Å². The summed E-state index contributed by atoms with van der Waals surface area (Å²) in [6.45, 7) is 5.45. The van der Waals surface area contributed by atoms with Gasteiger partial charge < -0.3 is 19.3 Å². The van der Waals surface area contributed by atoms with Crippen LogP contribution in [0.15, 0.2) is 12.1 Å². The first-order chi connectivity index (χ1) is 19.2. The van der Waals surface area contributed by atoms with E-state index in [2.05, 4.69) is 17.2 Å². The maximum absolute atomic E-state index is 14.0. The van der Waals surface area contributed by atoms with E-state index in [4.69, 9.17) is 14.2 Å². The minimum Gasteiger partial charge on any atom is -0.493 e. The Morgan fingerprint density at radius 3 is 2.60 bits per heavy atom. The van der Waals surface area contributed by atoms with Gasteiger partial charge in [-0.3, -0.25) is 4.79 Å². The second-order valence-electron chi connectivity index (χ2n) is 13.9. The molecule has 0 saturated heterocycles. The molecule has 4 fully saturated rings. The highest BCUT2D eigenvalue weighted by Crippen LogP contribution is 2.69. The van der Waals surface area contributed by atoms with Gasteiger partial charge in [0.25, 0.3) is 0 Å². The fourth-order valence-corrected chi connectivity index (χ4v) is 10.3. The number of aliphatic hydroxyl groups is 1. The van der Waals surface area contributed by atoms with E-state index in [0.29, 0.717) is 46.2 Å². The lowest BCUT2D eigenvalue weighted by Crippen LogP contribution is -2.57. The van der Waals surface area contributed by atoms with Crippen LogP contribution in [0.2, 0.25) is 0 Å². The summed E-state index contributed by atoms with van der Waals surface area (Å²) in [6, 6.07) is 3.68. The van der Waals surface area contributed by atoms with Gasteiger partial charge in [-0.25, -0.2) is 4.68 Å². The van der Waals surface area contributed by atoms with Crippen LogP contribution < -0.4 is 9.47 Å². The van der Waals surface area contributed by atoms with E-state index in [0.717, 1.165) is 51.6 Å². The summed E-state index contributed by atoms with van der Waals surface area (Å²) in [7, 11) is 5.04. The molecule has 8 atom stereocenters. The number of ether oxygens (including phenoxy) is 3. The van der Waals surface area contributed by atoms with Gasteiger partial charge in [-0.15, -0.1) is 5.10 Å². The number of nitrogens with zero attached hydrogens (tertiary/aromatic N) is 3. The molecule has 1 heterocycles. The second kappa shape index (κ2) is 10.3. The van der Waals surface area contributed by atoms with E-state index < -0.39 is 5.60 Å². The van der Waals surface area contributed by atoms with Crippen molar-refractivity contribution in [1.82, 2.24) is 15.0 Å². The minimum absolute atomic E-state index is 0.0197. The third kappa shape index (κ3) is 4.27. The van der Waals surface area contributed by atoms with Gasteiger partial charge in [0.05, 0.1) is 19.8 Å². The Labute approximate surface area is 238 Å². The van der Waals surface area contributed by atoms with Crippen LogP contribution in [-0.4, -0.2) is 59.4 Å². The molecule has 0 amide bonds. The summed E-state index contributed by atoms with van der Waals surface area (Å²) >= 11 is 0. The van der Waals surface area contributed by atoms with Crippen LogP contribution in [0.5, 0.6) is 11.5 Å². The Bertz CT molecular complexity index is 1260. The number of carbonyl (C=O) groups is 1. The summed E-state index contributed by atoms with van der Waals surface area (Å²) in [5.41, 5.74) is 1.16. The zero-order valence-electron chi connectivity index (χ0n) is 24.9. The van der Waals surface area contributed by atoms with Gasteiger partial charge in [-0.1, -0.05) is 12.1 Å². The first-order valence-corrected chi connectivity index (χ1v) is 15.4. The molecule has 0 unspecified atom stereocenters. The van der Waals surface area contributed by atoms with Crippen LogP contribution in [0.25, 0.3) is 11.0 Å². The first-order valence-electron chi connectivity index (χ1n) is 15.4. The third-order valence-corrected chi connectivity index (χ3v) is 12.1. The standard InChI is InChI=1S/C32H47N3O5/c1-30(37)14-15-32(16-17-38-3)20(18-30)6-7-21-22-8-9-24(31(22,2)13-12-23(21)32)26(36)19-35-28-25(33-34-35)10-11-27(39-4)29(28)40-5/h10-11,20-24,37H,6-9,12-19H2,1-5H3/t20-,21-,22-,23-,24+,30+,31-,32+/m0/s1. The average molecular weight is 554 g/mol. The van der Waals surface area contributed by atoms with Crippen molar-refractivity contribution < 1.29 is 24.1 Å². The van der Waals surface area contributed by atoms with Crippen molar-refractivity contribution in [3.63, 3.8) is 0 Å². The van der Waals surface area contributed by atoms with Gasteiger partial charge in [0.1, 0.15) is 17.6 Å². The smallest absolute Gasteiger partial charge is 0.188 e. The maximum Gasteiger partial charge on any atom is 0.188 e. The van der Waals surface area contributed by atoms with Gasteiger partial charge in [0.2, 0.25) is 0 Å². The number of hydrogen-bond acceptors (Lipinski definition) is 7. The number of fused-ring (bicyclic) bond motifs is 6. The lowest BCUT2D eigenvalue weighted by atomic mass is 9.42. The first kappa shape index (κ1) is 28.0. The molecule has 1 aromatic heterocycles. The summed E-state index contributed by atoms with van der Waals surface area (Å²) in [5.74, 6) is 3.95. The molecule has 220 valence electrons. The van der Waals surface area contributed by atoms with Crippen molar-refractivity contribution in [2.45, 2.75) is 90.2 Å². The molecular weight excluding hydrogens is 506 g/mol. The van der Waals surface area contributed by atoms with E-state index in [9.17, 15) is 9.90 Å². The molecule has 0 spiro atoms. The molecule has 6 rings (SSSR count). The molecule has 4 saturated carbocycles. The van der Waals surface area contributed by atoms with Crippen LogP contribution in [0, 0.1) is 40.4 Å². The van der Waals surface area contributed by atoms with Crippen LogP contribution in [0.1, 0.15) is 78.1 Å². The highest BCUT2D eigenvalue weighted by atomic mass is 16.5. The van der Waals surface area contributed by atoms with Crippen molar-refractivity contribution in [3.8, 4) is 11.5 Å². The Balaban J connectivity index is 1.25. The highest BCUT2D eigenvalue weighted by Gasteiger charge is 2.62. The molecule has 40 heavy (non-hydrogen) atoms. The quantitative estimate of drug-likeness (QED) is 0.465. The predicted octanol–water partition coefficient (Wildman–Crippen LogP) is 5.44. The summed E-state index contributed by atoms with van der Waals surface area (Å²) < 4.78 is 18.5. The SMILES string of the molecule is COCC[C@]12CC[C@@](C)(O)C[C@@H]1CC[C@H]1[C@@H]3CC[C@H](C(=O)Cn4nnc5ccc(OC)c(OC)c54)[C@@]3(C)CC[C@@H]12. The summed E-state index contributed by atoms with van der Waals surface area (Å²) in [5, 5.41) is 19.6. The van der Waals surface area contributed by atoms with E-state index in [1.165, 1.54) is 19.3 Å². The molecule has 8 nitrogen and oxygen atoms in total. The Morgan fingerprint density at radius 2 is 1.85 bits per heavy atom. The number of carbonyl (C=O) groups excluding carboxylic acids is 1. The fourth-order valence-electron chi connectivity index (χ4n) is 10.3. The monoisotopic (exact) mass is 553 g/mol. The van der Waals surface area contributed by atoms with Crippen molar-refractivity contribution in [2.24, 2.45) is 40.4 Å².